The molecule has 122 valence electrons. The molecule has 0 aliphatic rings. The zero-order chi connectivity index (χ0) is 17.4. The van der Waals surface area contributed by atoms with Crippen molar-refractivity contribution in [2.24, 2.45) is 0 Å². The summed E-state index contributed by atoms with van der Waals surface area (Å²) in [6, 6.07) is 11.1. The zero-order valence-electron chi connectivity index (χ0n) is 13.7. The van der Waals surface area contributed by atoms with Crippen LogP contribution < -0.4 is 5.32 Å². The van der Waals surface area contributed by atoms with Crippen LogP contribution in [0.1, 0.15) is 33.2 Å². The van der Waals surface area contributed by atoms with Crippen LogP contribution in [0, 0.1) is 13.8 Å². The third-order valence-corrected chi connectivity index (χ3v) is 4.26. The highest BCUT2D eigenvalue weighted by Gasteiger charge is 2.18. The number of amides is 1. The summed E-state index contributed by atoms with van der Waals surface area (Å²) >= 11 is 6.27. The van der Waals surface area contributed by atoms with Crippen molar-refractivity contribution in [1.82, 2.24) is 4.57 Å². The van der Waals surface area contributed by atoms with Gasteiger partial charge < -0.3 is 5.32 Å². The van der Waals surface area contributed by atoms with Crippen LogP contribution in [0.5, 0.6) is 0 Å². The van der Waals surface area contributed by atoms with E-state index >= 15 is 0 Å². The molecule has 3 rings (SSSR count). The Bertz CT molecular complexity index is 950. The van der Waals surface area contributed by atoms with Gasteiger partial charge in [-0.1, -0.05) is 35.9 Å². The number of aryl methyl sites for hydroxylation is 2. The van der Waals surface area contributed by atoms with Gasteiger partial charge in [0.15, 0.2) is 0 Å². The first kappa shape index (κ1) is 16.3. The lowest BCUT2D eigenvalue weighted by Gasteiger charge is -2.11. The number of nitrogens with zero attached hydrogens (tertiary/aromatic N) is 1. The first-order chi connectivity index (χ1) is 11.4. The van der Waals surface area contributed by atoms with E-state index in [2.05, 4.69) is 5.32 Å². The van der Waals surface area contributed by atoms with Crippen LogP contribution in [-0.2, 0) is 0 Å². The summed E-state index contributed by atoms with van der Waals surface area (Å²) < 4.78 is 1.48. The van der Waals surface area contributed by atoms with Crippen molar-refractivity contribution in [1.29, 1.82) is 0 Å². The highest BCUT2D eigenvalue weighted by atomic mass is 35.5. The molecule has 0 unspecified atom stereocenters. The Labute approximate surface area is 145 Å². The number of anilines is 1. The minimum atomic E-state index is -0.292. The van der Waals surface area contributed by atoms with E-state index in [9.17, 15) is 9.59 Å². The Morgan fingerprint density at radius 2 is 1.83 bits per heavy atom. The van der Waals surface area contributed by atoms with Crippen molar-refractivity contribution in [3.05, 3.63) is 64.3 Å². The first-order valence-corrected chi connectivity index (χ1v) is 7.95. The van der Waals surface area contributed by atoms with Crippen LogP contribution in [0.15, 0.2) is 42.6 Å². The van der Waals surface area contributed by atoms with Crippen molar-refractivity contribution in [2.75, 3.05) is 5.32 Å². The third-order valence-electron chi connectivity index (χ3n) is 3.97. The van der Waals surface area contributed by atoms with Crippen LogP contribution in [0.4, 0.5) is 5.69 Å². The van der Waals surface area contributed by atoms with Gasteiger partial charge in [0.2, 0.25) is 5.91 Å². The lowest BCUT2D eigenvalue weighted by atomic mass is 10.1. The molecule has 2 aromatic carbocycles. The molecule has 0 saturated carbocycles. The molecule has 0 spiro atoms. The fourth-order valence-electron chi connectivity index (χ4n) is 2.88. The number of hydrogen-bond acceptors (Lipinski definition) is 2. The number of hydrogen-bond donors (Lipinski definition) is 1. The summed E-state index contributed by atoms with van der Waals surface area (Å²) in [6.07, 6.45) is 1.57. The predicted molar refractivity (Wildman–Crippen MR) is 97.1 cm³/mol. The maximum absolute atomic E-state index is 12.8. The molecule has 0 aliphatic heterocycles. The average Bonchev–Trinajstić information content (AvgIpc) is 2.90. The van der Waals surface area contributed by atoms with Gasteiger partial charge in [0.05, 0.1) is 21.8 Å². The summed E-state index contributed by atoms with van der Waals surface area (Å²) in [7, 11) is 0. The highest BCUT2D eigenvalue weighted by molar-refractivity contribution is 6.34. The van der Waals surface area contributed by atoms with E-state index < -0.39 is 0 Å². The topological polar surface area (TPSA) is 51.1 Å². The summed E-state index contributed by atoms with van der Waals surface area (Å²) in [5.41, 5.74) is 3.66. The van der Waals surface area contributed by atoms with E-state index in [1.807, 2.05) is 50.2 Å². The Morgan fingerprint density at radius 3 is 2.50 bits per heavy atom. The molecule has 0 saturated heterocycles. The van der Waals surface area contributed by atoms with Gasteiger partial charge in [-0.05, 0) is 37.1 Å². The van der Waals surface area contributed by atoms with Gasteiger partial charge in [-0.25, -0.2) is 0 Å². The largest absolute Gasteiger partial charge is 0.320 e. The van der Waals surface area contributed by atoms with Gasteiger partial charge in [0.1, 0.15) is 0 Å². The van der Waals surface area contributed by atoms with Crippen LogP contribution in [-0.4, -0.2) is 16.4 Å². The molecule has 0 atom stereocenters. The predicted octanol–water partition coefficient (Wildman–Crippen LogP) is 4.82. The van der Waals surface area contributed by atoms with E-state index in [4.69, 9.17) is 11.6 Å². The van der Waals surface area contributed by atoms with Crippen LogP contribution in [0.2, 0.25) is 5.02 Å². The van der Waals surface area contributed by atoms with Crippen LogP contribution in [0.3, 0.4) is 0 Å². The average molecular weight is 341 g/mol. The number of rotatable bonds is 2. The quantitative estimate of drug-likeness (QED) is 0.726. The van der Waals surface area contributed by atoms with Crippen molar-refractivity contribution in [3.63, 3.8) is 0 Å². The monoisotopic (exact) mass is 340 g/mol. The molecule has 0 bridgehead atoms. The molecule has 1 amide bonds. The summed E-state index contributed by atoms with van der Waals surface area (Å²) in [4.78, 5) is 24.6. The molecular weight excluding hydrogens is 324 g/mol. The summed E-state index contributed by atoms with van der Waals surface area (Å²) in [6.45, 7) is 5.31. The minimum Gasteiger partial charge on any atom is -0.320 e. The van der Waals surface area contributed by atoms with E-state index in [-0.39, 0.29) is 11.8 Å². The van der Waals surface area contributed by atoms with Crippen molar-refractivity contribution in [2.45, 2.75) is 20.8 Å². The lowest BCUT2D eigenvalue weighted by molar-refractivity contribution is 0.0941. The van der Waals surface area contributed by atoms with E-state index in [0.717, 1.165) is 16.5 Å². The number of nitrogens with one attached hydrogen (secondary N) is 1. The molecule has 0 fully saturated rings. The molecule has 1 aromatic heterocycles. The Kier molecular flexibility index (Phi) is 4.16. The number of carbonyl (C=O) groups is 2. The van der Waals surface area contributed by atoms with Gasteiger partial charge >= 0.3 is 0 Å². The fraction of sp³-hybridized carbons (Fsp3) is 0.158. The van der Waals surface area contributed by atoms with E-state index in [1.165, 1.54) is 11.5 Å². The second-order valence-electron chi connectivity index (χ2n) is 5.84. The van der Waals surface area contributed by atoms with Crippen LogP contribution >= 0.6 is 11.6 Å². The highest BCUT2D eigenvalue weighted by Crippen LogP contribution is 2.29. The smallest absolute Gasteiger partial charge is 0.257 e. The second-order valence-corrected chi connectivity index (χ2v) is 6.25. The van der Waals surface area contributed by atoms with Crippen LogP contribution in [0.25, 0.3) is 10.9 Å². The van der Waals surface area contributed by atoms with E-state index in [1.54, 1.807) is 6.20 Å². The molecule has 0 radical (unpaired) electrons. The molecule has 4 nitrogen and oxygen atoms in total. The number of benzene rings is 2. The van der Waals surface area contributed by atoms with Crippen molar-refractivity contribution in [3.8, 4) is 0 Å². The minimum absolute atomic E-state index is 0.144. The lowest BCUT2D eigenvalue weighted by Crippen LogP contribution is -2.13. The Morgan fingerprint density at radius 1 is 1.12 bits per heavy atom. The van der Waals surface area contributed by atoms with Gasteiger partial charge in [0, 0.05) is 18.5 Å². The molecule has 1 N–H and O–H groups in total. The number of fused-ring (bicyclic) bond motifs is 1. The SMILES string of the molecule is CC(=O)n1cc(C(=O)Nc2c(C)cc(C)cc2Cl)c2ccccc21. The third kappa shape index (κ3) is 2.81. The number of para-hydroxylation sites is 1. The summed E-state index contributed by atoms with van der Waals surface area (Å²) in [5.74, 6) is -0.435. The van der Waals surface area contributed by atoms with Crippen molar-refractivity contribution < 1.29 is 9.59 Å². The fourth-order valence-corrected chi connectivity index (χ4v) is 3.24. The second kappa shape index (κ2) is 6.13. The molecule has 1 heterocycles. The number of halogens is 1. The van der Waals surface area contributed by atoms with Gasteiger partial charge in [0.25, 0.3) is 5.91 Å². The molecule has 0 aliphatic carbocycles. The molecule has 3 aromatic rings. The van der Waals surface area contributed by atoms with Gasteiger partial charge in [-0.2, -0.15) is 0 Å². The van der Waals surface area contributed by atoms with E-state index in [0.29, 0.717) is 21.8 Å². The summed E-state index contributed by atoms with van der Waals surface area (Å²) in [5, 5.41) is 4.10. The Balaban J connectivity index is 2.06. The van der Waals surface area contributed by atoms with Crippen molar-refractivity contribution >= 4 is 40.0 Å². The van der Waals surface area contributed by atoms with Gasteiger partial charge in [-0.3, -0.25) is 14.2 Å². The maximum atomic E-state index is 12.8. The Hall–Kier alpha value is -2.59. The zero-order valence-corrected chi connectivity index (χ0v) is 14.4. The number of carbonyl (C=O) groups excluding carboxylic acids is 2. The molecule has 24 heavy (non-hydrogen) atoms. The maximum Gasteiger partial charge on any atom is 0.257 e. The normalized spacial score (nSPS) is 10.8. The first-order valence-electron chi connectivity index (χ1n) is 7.57. The number of aromatic nitrogens is 1. The molecule has 5 heteroatoms. The van der Waals surface area contributed by atoms with Gasteiger partial charge in [-0.15, -0.1) is 0 Å². The molecular formula is C19H17ClN2O2. The standard InChI is InChI=1S/C19H17ClN2O2/c1-11-8-12(2)18(16(20)9-11)21-19(24)15-10-22(13(3)23)17-7-5-4-6-14(15)17/h4-10H,1-3H3,(H,21,24).